The fraction of sp³-hybridized carbons (Fsp3) is 0.219. The van der Waals surface area contributed by atoms with Crippen LogP contribution in [0.3, 0.4) is 0 Å². The van der Waals surface area contributed by atoms with Gasteiger partial charge in [0, 0.05) is 18.7 Å². The molecule has 0 bridgehead atoms. The van der Waals surface area contributed by atoms with Gasteiger partial charge in [-0.05, 0) is 53.3 Å². The summed E-state index contributed by atoms with van der Waals surface area (Å²) < 4.78 is 28.6. The highest BCUT2D eigenvalue weighted by Crippen LogP contribution is 2.35. The molecule has 0 radical (unpaired) electrons. The number of nitrogens with zero attached hydrogens (tertiary/aromatic N) is 1. The molecule has 1 heterocycles. The van der Waals surface area contributed by atoms with E-state index in [0.29, 0.717) is 24.7 Å². The number of pyridine rings is 1. The molecule has 3 N–H and O–H groups in total. The van der Waals surface area contributed by atoms with Crippen LogP contribution in [0.1, 0.15) is 53.7 Å². The number of carbonyl (C=O) groups excluding carboxylic acids is 2. The Morgan fingerprint density at radius 2 is 1.59 bits per heavy atom. The summed E-state index contributed by atoms with van der Waals surface area (Å²) in [5.74, 6) is -3.59. The molecule has 41 heavy (non-hydrogen) atoms. The highest BCUT2D eigenvalue weighted by Gasteiger charge is 2.34. The molecule has 0 aliphatic rings. The number of nitrogen functional groups attached to an aromatic ring is 1. The summed E-state index contributed by atoms with van der Waals surface area (Å²) >= 11 is 0. The standard InChI is InChI=1S/C32H31F2N3O4/c1-32(2,3)28(21-7-5-4-6-8-21)31(40)41-36-18-17-20-9-12-23(13-10-20)37-27(38)16-15-25(30(37)35)29(39)24-14-11-22(33)19-26(24)34/h4-16,19,28,36H,17-18,35H2,1-3H3/t28-/m0/s1. The molecule has 0 amide bonds. The third-order valence-corrected chi connectivity index (χ3v) is 6.67. The Bertz CT molecular complexity index is 1610. The lowest BCUT2D eigenvalue weighted by Crippen LogP contribution is -2.32. The number of nitrogens with two attached hydrogens (primary N) is 1. The van der Waals surface area contributed by atoms with Crippen molar-refractivity contribution in [2.45, 2.75) is 33.1 Å². The summed E-state index contributed by atoms with van der Waals surface area (Å²) in [6.45, 7) is 6.31. The van der Waals surface area contributed by atoms with E-state index >= 15 is 0 Å². The molecule has 1 aromatic heterocycles. The van der Waals surface area contributed by atoms with E-state index in [0.717, 1.165) is 33.9 Å². The first-order valence-corrected chi connectivity index (χ1v) is 13.1. The molecule has 1 atom stereocenters. The van der Waals surface area contributed by atoms with E-state index < -0.39 is 28.9 Å². The van der Waals surface area contributed by atoms with Crippen molar-refractivity contribution < 1.29 is 23.2 Å². The first kappa shape index (κ1) is 29.4. The van der Waals surface area contributed by atoms with Crippen LogP contribution in [0.2, 0.25) is 0 Å². The van der Waals surface area contributed by atoms with E-state index in [2.05, 4.69) is 5.48 Å². The molecule has 212 valence electrons. The van der Waals surface area contributed by atoms with E-state index in [1.54, 1.807) is 24.3 Å². The molecule has 0 spiro atoms. The predicted molar refractivity (Wildman–Crippen MR) is 153 cm³/mol. The largest absolute Gasteiger partial charge is 0.384 e. The molecule has 0 saturated carbocycles. The van der Waals surface area contributed by atoms with E-state index in [9.17, 15) is 23.2 Å². The maximum Gasteiger partial charge on any atom is 0.332 e. The van der Waals surface area contributed by atoms with Crippen molar-refractivity contribution in [1.29, 1.82) is 0 Å². The predicted octanol–water partition coefficient (Wildman–Crippen LogP) is 5.35. The van der Waals surface area contributed by atoms with Gasteiger partial charge in [-0.1, -0.05) is 63.2 Å². The first-order valence-electron chi connectivity index (χ1n) is 13.1. The van der Waals surface area contributed by atoms with Gasteiger partial charge in [-0.25, -0.2) is 13.6 Å². The minimum atomic E-state index is -1.02. The zero-order valence-electron chi connectivity index (χ0n) is 23.0. The molecular weight excluding hydrogens is 528 g/mol. The van der Waals surface area contributed by atoms with Crippen molar-refractivity contribution in [2.75, 3.05) is 12.3 Å². The summed E-state index contributed by atoms with van der Waals surface area (Å²) in [5, 5.41) is 0. The second kappa shape index (κ2) is 12.3. The number of carbonyl (C=O) groups is 2. The molecule has 9 heteroatoms. The third kappa shape index (κ3) is 6.75. The summed E-state index contributed by atoms with van der Waals surface area (Å²) in [4.78, 5) is 43.8. The van der Waals surface area contributed by atoms with Crippen LogP contribution in [0.5, 0.6) is 0 Å². The van der Waals surface area contributed by atoms with Gasteiger partial charge >= 0.3 is 5.97 Å². The Kier molecular flexibility index (Phi) is 8.78. The molecule has 4 rings (SSSR count). The molecule has 0 saturated heterocycles. The SMILES string of the molecule is CC(C)(C)[C@H](C(=O)ONCCc1ccc(-n2c(N)c(C(=O)c3ccc(F)cc3F)ccc2=O)cc1)c1ccccc1. The highest BCUT2D eigenvalue weighted by molar-refractivity contribution is 6.11. The number of rotatable bonds is 9. The lowest BCUT2D eigenvalue weighted by Gasteiger charge is -2.29. The zero-order chi connectivity index (χ0) is 29.7. The summed E-state index contributed by atoms with van der Waals surface area (Å²) in [5.41, 5.74) is 9.84. The van der Waals surface area contributed by atoms with Gasteiger partial charge in [-0.15, -0.1) is 0 Å². The van der Waals surface area contributed by atoms with Gasteiger partial charge in [0.15, 0.2) is 5.78 Å². The average molecular weight is 560 g/mol. The van der Waals surface area contributed by atoms with Crippen LogP contribution in [-0.4, -0.2) is 22.9 Å². The quantitative estimate of drug-likeness (QED) is 0.163. The van der Waals surface area contributed by atoms with Crippen LogP contribution in [0.25, 0.3) is 5.69 Å². The normalized spacial score (nSPS) is 12.1. The van der Waals surface area contributed by atoms with Gasteiger partial charge in [0.2, 0.25) is 0 Å². The van der Waals surface area contributed by atoms with Crippen LogP contribution in [0.15, 0.2) is 89.7 Å². The summed E-state index contributed by atoms with van der Waals surface area (Å²) in [6.07, 6.45) is 0.520. The van der Waals surface area contributed by atoms with E-state index in [1.165, 1.54) is 6.07 Å². The third-order valence-electron chi connectivity index (χ3n) is 6.67. The van der Waals surface area contributed by atoms with Crippen molar-refractivity contribution in [3.63, 3.8) is 0 Å². The van der Waals surface area contributed by atoms with Gasteiger partial charge in [0.1, 0.15) is 17.5 Å². The molecule has 0 aliphatic carbocycles. The summed E-state index contributed by atoms with van der Waals surface area (Å²) in [6, 6.07) is 21.4. The smallest absolute Gasteiger partial charge is 0.332 e. The number of benzene rings is 3. The molecule has 7 nitrogen and oxygen atoms in total. The zero-order valence-corrected chi connectivity index (χ0v) is 23.0. The molecule has 0 fully saturated rings. The number of aromatic nitrogens is 1. The average Bonchev–Trinajstić information content (AvgIpc) is 2.91. The first-order chi connectivity index (χ1) is 19.5. The number of hydrogen-bond acceptors (Lipinski definition) is 6. The number of anilines is 1. The minimum absolute atomic E-state index is 0.0886. The van der Waals surface area contributed by atoms with Crippen molar-refractivity contribution in [1.82, 2.24) is 10.0 Å². The van der Waals surface area contributed by atoms with Crippen LogP contribution < -0.4 is 16.8 Å². The monoisotopic (exact) mass is 559 g/mol. The van der Waals surface area contributed by atoms with Crippen LogP contribution in [0, 0.1) is 17.0 Å². The second-order valence-electron chi connectivity index (χ2n) is 10.7. The van der Waals surface area contributed by atoms with E-state index in [-0.39, 0.29) is 28.3 Å². The maximum absolute atomic E-state index is 14.2. The number of ketones is 1. The Morgan fingerprint density at radius 1 is 0.927 bits per heavy atom. The van der Waals surface area contributed by atoms with Crippen molar-refractivity contribution >= 4 is 17.6 Å². The minimum Gasteiger partial charge on any atom is -0.384 e. The van der Waals surface area contributed by atoms with Gasteiger partial charge < -0.3 is 10.6 Å². The maximum atomic E-state index is 14.2. The number of halogens is 2. The molecule has 3 aromatic carbocycles. The van der Waals surface area contributed by atoms with Gasteiger partial charge in [0.05, 0.1) is 22.7 Å². The van der Waals surface area contributed by atoms with E-state index in [1.807, 2.05) is 51.1 Å². The highest BCUT2D eigenvalue weighted by atomic mass is 19.1. The Labute approximate surface area is 236 Å². The van der Waals surface area contributed by atoms with Gasteiger partial charge in [-0.2, -0.15) is 5.48 Å². The van der Waals surface area contributed by atoms with E-state index in [4.69, 9.17) is 10.6 Å². The van der Waals surface area contributed by atoms with Gasteiger partial charge in [0.25, 0.3) is 5.56 Å². The topological polar surface area (TPSA) is 103 Å². The molecular formula is C32H31F2N3O4. The molecule has 0 unspecified atom stereocenters. The summed E-state index contributed by atoms with van der Waals surface area (Å²) in [7, 11) is 0. The van der Waals surface area contributed by atoms with Crippen LogP contribution in [0.4, 0.5) is 14.6 Å². The van der Waals surface area contributed by atoms with Crippen LogP contribution >= 0.6 is 0 Å². The Balaban J connectivity index is 1.43. The fourth-order valence-corrected chi connectivity index (χ4v) is 4.65. The lowest BCUT2D eigenvalue weighted by molar-refractivity contribution is -0.155. The molecule has 0 aliphatic heterocycles. The lowest BCUT2D eigenvalue weighted by atomic mass is 9.76. The van der Waals surface area contributed by atoms with Crippen LogP contribution in [-0.2, 0) is 16.1 Å². The number of nitrogens with one attached hydrogen (secondary N) is 1. The number of hydrogen-bond donors (Lipinski definition) is 2. The van der Waals surface area contributed by atoms with Crippen molar-refractivity contribution in [3.05, 3.63) is 129 Å². The Morgan fingerprint density at radius 3 is 2.22 bits per heavy atom. The van der Waals surface area contributed by atoms with Gasteiger partial charge in [-0.3, -0.25) is 14.2 Å². The van der Waals surface area contributed by atoms with Crippen molar-refractivity contribution in [2.24, 2.45) is 5.41 Å². The van der Waals surface area contributed by atoms with Crippen molar-refractivity contribution in [3.8, 4) is 5.69 Å². The fourth-order valence-electron chi connectivity index (χ4n) is 4.65. The Hall–Kier alpha value is -4.63. The molecule has 4 aromatic rings. The second-order valence-corrected chi connectivity index (χ2v) is 10.7. The number of hydroxylamine groups is 1.